The van der Waals surface area contributed by atoms with Crippen LogP contribution in [0, 0.1) is 21.4 Å². The molecule has 0 atom stereocenters. The average molecular weight is 508 g/mol. The van der Waals surface area contributed by atoms with Gasteiger partial charge < -0.3 is 9.47 Å². The van der Waals surface area contributed by atoms with Crippen LogP contribution in [-0.4, -0.2) is 51.8 Å². The third kappa shape index (κ3) is 5.00. The molecule has 0 fully saturated rings. The first-order valence-corrected chi connectivity index (χ1v) is 12.1. The Kier molecular flexibility index (Phi) is 6.66. The smallest absolute Gasteiger partial charge is 0.278 e. The highest BCUT2D eigenvalue weighted by atomic mass is 32.2. The lowest BCUT2D eigenvalue weighted by Crippen LogP contribution is -2.27. The molecule has 3 aromatic heterocycles. The number of nitrogens with one attached hydrogen (secondary N) is 1. The van der Waals surface area contributed by atoms with Gasteiger partial charge in [0.1, 0.15) is 4.90 Å². The largest absolute Gasteiger partial charge is 0.372 e. The van der Waals surface area contributed by atoms with Crippen LogP contribution < -0.4 is 9.73 Å². The number of nitrogens with zero attached hydrogens (tertiary/aromatic N) is 8. The average Bonchev–Trinajstić information content (AvgIpc) is 3.55. The number of imidazole rings is 1. The third-order valence-corrected chi connectivity index (χ3v) is 6.72. The predicted molar refractivity (Wildman–Crippen MR) is 131 cm³/mol. The number of pyridine rings is 1. The zero-order valence-corrected chi connectivity index (χ0v) is 20.1. The van der Waals surface area contributed by atoms with Crippen molar-refractivity contribution in [2.24, 2.45) is 5.10 Å². The number of aromatic nitrogens is 4. The number of nitro groups is 1. The molecule has 0 bridgehead atoms. The van der Waals surface area contributed by atoms with E-state index in [-0.39, 0.29) is 16.3 Å². The number of benzene rings is 1. The first kappa shape index (κ1) is 24.4. The Labute approximate surface area is 206 Å². The first-order valence-electron chi connectivity index (χ1n) is 10.6. The van der Waals surface area contributed by atoms with Crippen LogP contribution in [0.25, 0.3) is 5.52 Å². The van der Waals surface area contributed by atoms with Gasteiger partial charge in [0.05, 0.1) is 46.0 Å². The summed E-state index contributed by atoms with van der Waals surface area (Å²) in [4.78, 5) is 18.2. The first-order chi connectivity index (χ1) is 17.2. The summed E-state index contributed by atoms with van der Waals surface area (Å²) < 4.78 is 29.9. The molecule has 0 unspecified atom stereocenters. The van der Waals surface area contributed by atoms with Crippen molar-refractivity contribution in [1.29, 1.82) is 5.26 Å². The van der Waals surface area contributed by atoms with Gasteiger partial charge in [-0.15, -0.1) is 0 Å². The molecule has 4 rings (SSSR count). The lowest BCUT2D eigenvalue weighted by molar-refractivity contribution is -0.385. The molecule has 0 radical (unpaired) electrons. The van der Waals surface area contributed by atoms with Crippen LogP contribution in [0.3, 0.4) is 0 Å². The molecule has 0 spiro atoms. The van der Waals surface area contributed by atoms with Crippen LogP contribution >= 0.6 is 0 Å². The van der Waals surface area contributed by atoms with Gasteiger partial charge in [-0.25, -0.2) is 9.50 Å². The second-order valence-electron chi connectivity index (χ2n) is 7.84. The molecule has 1 aromatic carbocycles. The molecule has 0 saturated heterocycles. The van der Waals surface area contributed by atoms with Gasteiger partial charge >= 0.3 is 0 Å². The highest BCUT2D eigenvalue weighted by Crippen LogP contribution is 2.29. The van der Waals surface area contributed by atoms with Crippen molar-refractivity contribution in [2.75, 3.05) is 18.5 Å². The number of non-ortho nitro benzene ring substituents is 1. The molecular weight excluding hydrogens is 486 g/mol. The van der Waals surface area contributed by atoms with E-state index < -0.39 is 14.9 Å². The Balaban J connectivity index is 1.65. The third-order valence-electron chi connectivity index (χ3n) is 5.48. The maximum Gasteiger partial charge on any atom is 0.278 e. The normalized spacial score (nSPS) is 11.9. The van der Waals surface area contributed by atoms with Gasteiger partial charge in [0.15, 0.2) is 0 Å². The number of nitro benzene ring substituents is 1. The summed E-state index contributed by atoms with van der Waals surface area (Å²) in [6.45, 7) is 2.53. The van der Waals surface area contributed by atoms with E-state index in [2.05, 4.69) is 20.0 Å². The van der Waals surface area contributed by atoms with Crippen molar-refractivity contribution in [2.45, 2.75) is 18.4 Å². The maximum atomic E-state index is 13.3. The van der Waals surface area contributed by atoms with Gasteiger partial charge in [0.25, 0.3) is 15.7 Å². The van der Waals surface area contributed by atoms with E-state index in [9.17, 15) is 18.5 Å². The van der Waals surface area contributed by atoms with Gasteiger partial charge in [-0.1, -0.05) is 0 Å². The number of hydrogen-bond donors (Lipinski definition) is 1. The Morgan fingerprint density at radius 2 is 2.11 bits per heavy atom. The number of likely N-dealkylation sites (N-methyl/N-ethyl adjacent to an activating group) is 1. The van der Waals surface area contributed by atoms with E-state index in [1.54, 1.807) is 55.9 Å². The minimum atomic E-state index is -4.30. The Morgan fingerprint density at radius 3 is 2.81 bits per heavy atom. The SMILES string of the molecule is C/C(=N\NS(=O)(=O)c1cc([N+](=O)[O-])ccc1N(C)CCn1ccnc1)c1cnn2ccc(C#N)cc12. The fourth-order valence-corrected chi connectivity index (χ4v) is 4.65. The standard InChI is InChI=1S/C22H21N9O4S/c1-16(19-14-25-30-7-5-17(13-23)11-21(19)30)26-27-36(34,35)22-12-18(31(32)33)3-4-20(22)28(2)9-10-29-8-6-24-15-29/h3-8,11-12,14-15,27H,9-10H2,1-2H3/b26-16+. The molecule has 13 nitrogen and oxygen atoms in total. The summed E-state index contributed by atoms with van der Waals surface area (Å²) in [5.74, 6) is 0. The summed E-state index contributed by atoms with van der Waals surface area (Å²) in [6.07, 6.45) is 8.17. The molecule has 1 N–H and O–H groups in total. The summed E-state index contributed by atoms with van der Waals surface area (Å²) in [5.41, 5.74) is 1.71. The summed E-state index contributed by atoms with van der Waals surface area (Å²) in [7, 11) is -2.61. The lowest BCUT2D eigenvalue weighted by atomic mass is 10.1. The second kappa shape index (κ2) is 9.84. The number of fused-ring (bicyclic) bond motifs is 1. The number of anilines is 1. The van der Waals surface area contributed by atoms with E-state index in [1.165, 1.54) is 22.8 Å². The summed E-state index contributed by atoms with van der Waals surface area (Å²) in [5, 5.41) is 28.7. The van der Waals surface area contributed by atoms with Crippen LogP contribution in [0.15, 0.2) is 71.4 Å². The maximum absolute atomic E-state index is 13.3. The van der Waals surface area contributed by atoms with Crippen molar-refractivity contribution in [3.8, 4) is 6.07 Å². The van der Waals surface area contributed by atoms with Crippen molar-refractivity contribution in [3.63, 3.8) is 0 Å². The fraction of sp³-hybridized carbons (Fsp3) is 0.182. The molecule has 14 heteroatoms. The molecule has 0 aliphatic carbocycles. The van der Waals surface area contributed by atoms with E-state index >= 15 is 0 Å². The van der Waals surface area contributed by atoms with Crippen molar-refractivity contribution in [3.05, 3.63) is 82.7 Å². The van der Waals surface area contributed by atoms with E-state index in [4.69, 9.17) is 5.26 Å². The van der Waals surface area contributed by atoms with Gasteiger partial charge in [0, 0.05) is 56.4 Å². The van der Waals surface area contributed by atoms with Crippen molar-refractivity contribution < 1.29 is 13.3 Å². The van der Waals surface area contributed by atoms with Gasteiger partial charge in [0.2, 0.25) is 0 Å². The Morgan fingerprint density at radius 1 is 1.31 bits per heavy atom. The molecule has 0 saturated carbocycles. The van der Waals surface area contributed by atoms with E-state index in [0.29, 0.717) is 35.4 Å². The zero-order chi connectivity index (χ0) is 25.9. The topological polar surface area (TPSA) is 164 Å². The second-order valence-corrected chi connectivity index (χ2v) is 9.47. The molecule has 184 valence electrons. The molecule has 3 heterocycles. The zero-order valence-electron chi connectivity index (χ0n) is 19.3. The molecule has 36 heavy (non-hydrogen) atoms. The summed E-state index contributed by atoms with van der Waals surface area (Å²) in [6, 6.07) is 8.92. The molecular formula is C22H21N9O4S. The number of rotatable bonds is 9. The van der Waals surface area contributed by atoms with Crippen molar-refractivity contribution in [1.82, 2.24) is 24.0 Å². The van der Waals surface area contributed by atoms with E-state index in [1.807, 2.05) is 10.6 Å². The van der Waals surface area contributed by atoms with Gasteiger partial charge in [-0.05, 0) is 25.1 Å². The van der Waals surface area contributed by atoms with Crippen LogP contribution in [0.1, 0.15) is 18.1 Å². The molecule has 0 aliphatic rings. The van der Waals surface area contributed by atoms with Crippen LogP contribution in [-0.2, 0) is 16.6 Å². The minimum Gasteiger partial charge on any atom is -0.372 e. The number of hydrazone groups is 1. The number of sulfonamides is 1. The van der Waals surface area contributed by atoms with Crippen LogP contribution in [0.2, 0.25) is 0 Å². The summed E-state index contributed by atoms with van der Waals surface area (Å²) >= 11 is 0. The highest BCUT2D eigenvalue weighted by Gasteiger charge is 2.24. The van der Waals surface area contributed by atoms with Gasteiger partial charge in [-0.2, -0.15) is 28.7 Å². The lowest BCUT2D eigenvalue weighted by Gasteiger charge is -2.22. The molecule has 0 amide bonds. The van der Waals surface area contributed by atoms with E-state index in [0.717, 1.165) is 6.07 Å². The Hall–Kier alpha value is -4.77. The number of nitriles is 1. The molecule has 0 aliphatic heterocycles. The fourth-order valence-electron chi connectivity index (χ4n) is 3.52. The quantitative estimate of drug-likeness (QED) is 0.204. The van der Waals surface area contributed by atoms with Crippen LogP contribution in [0.4, 0.5) is 11.4 Å². The van der Waals surface area contributed by atoms with Crippen LogP contribution in [0.5, 0.6) is 0 Å². The highest BCUT2D eigenvalue weighted by molar-refractivity contribution is 7.89. The van der Waals surface area contributed by atoms with Gasteiger partial charge in [-0.3, -0.25) is 10.1 Å². The Bertz CT molecular complexity index is 1600. The predicted octanol–water partition coefficient (Wildman–Crippen LogP) is 2.15. The molecule has 4 aromatic rings. The minimum absolute atomic E-state index is 0.274. The number of hydrogen-bond acceptors (Lipinski definition) is 9. The van der Waals surface area contributed by atoms with Crippen molar-refractivity contribution >= 4 is 32.6 Å². The monoisotopic (exact) mass is 507 g/mol.